The number of hydrogen-bond acceptors (Lipinski definition) is 4. The minimum Gasteiger partial charge on any atom is -0.311 e. The molecule has 0 saturated carbocycles. The van der Waals surface area contributed by atoms with E-state index in [-0.39, 0.29) is 17.0 Å². The smallest absolute Gasteiger partial charge is 0.311 e. The Morgan fingerprint density at radius 1 is 1.22 bits per heavy atom. The van der Waals surface area contributed by atoms with Crippen molar-refractivity contribution >= 4 is 33.4 Å². The fourth-order valence-corrected chi connectivity index (χ4v) is 2.98. The minimum atomic E-state index is -0.480. The van der Waals surface area contributed by atoms with Crippen LogP contribution in [0.3, 0.4) is 0 Å². The summed E-state index contributed by atoms with van der Waals surface area (Å²) in [6.45, 7) is 0.303. The molecule has 0 aliphatic carbocycles. The van der Waals surface area contributed by atoms with Crippen LogP contribution in [-0.2, 0) is 20.6 Å². The van der Waals surface area contributed by atoms with Crippen LogP contribution in [0.1, 0.15) is 16.2 Å². The van der Waals surface area contributed by atoms with Crippen LogP contribution in [0.2, 0.25) is 0 Å². The Labute approximate surface area is 138 Å². The lowest BCUT2D eigenvalue weighted by molar-refractivity contribution is 0.111. The van der Waals surface area contributed by atoms with Gasteiger partial charge in [-0.15, -0.1) is 0 Å². The molecular formula is C15H13BrN4O3. The Kier molecular flexibility index (Phi) is 3.77. The average molecular weight is 377 g/mol. The fraction of sp³-hybridized carbons (Fsp3) is 0.200. The maximum atomic E-state index is 12.5. The first kappa shape index (κ1) is 15.4. The number of carbonyl (C=O) groups is 1. The quantitative estimate of drug-likeness (QED) is 0.640. The molecule has 2 heterocycles. The molecule has 0 bridgehead atoms. The van der Waals surface area contributed by atoms with E-state index >= 15 is 0 Å². The van der Waals surface area contributed by atoms with Crippen molar-refractivity contribution in [3.63, 3.8) is 0 Å². The number of imidazole rings is 1. The van der Waals surface area contributed by atoms with E-state index in [0.717, 1.165) is 14.6 Å². The third kappa shape index (κ3) is 2.44. The number of aryl methyl sites for hydroxylation is 1. The summed E-state index contributed by atoms with van der Waals surface area (Å²) in [7, 11) is 2.93. The highest BCUT2D eigenvalue weighted by Crippen LogP contribution is 2.16. The largest absolute Gasteiger partial charge is 0.332 e. The van der Waals surface area contributed by atoms with E-state index in [9.17, 15) is 14.4 Å². The molecule has 0 saturated heterocycles. The van der Waals surface area contributed by atoms with Gasteiger partial charge >= 0.3 is 5.69 Å². The summed E-state index contributed by atoms with van der Waals surface area (Å²) in [4.78, 5) is 40.0. The number of rotatable bonds is 3. The van der Waals surface area contributed by atoms with Gasteiger partial charge in [0.1, 0.15) is 0 Å². The van der Waals surface area contributed by atoms with E-state index in [1.54, 1.807) is 0 Å². The van der Waals surface area contributed by atoms with E-state index in [0.29, 0.717) is 12.8 Å². The number of fused-ring (bicyclic) bond motifs is 1. The van der Waals surface area contributed by atoms with E-state index in [1.165, 1.54) is 23.2 Å². The van der Waals surface area contributed by atoms with Crippen LogP contribution in [0.25, 0.3) is 11.2 Å². The van der Waals surface area contributed by atoms with Gasteiger partial charge in [0.2, 0.25) is 0 Å². The molecule has 0 aliphatic heterocycles. The first-order valence-corrected chi connectivity index (χ1v) is 7.59. The Balaban J connectivity index is 2.33. The van der Waals surface area contributed by atoms with Crippen LogP contribution in [0.5, 0.6) is 0 Å². The molecule has 0 spiro atoms. The third-order valence-corrected chi connectivity index (χ3v) is 4.21. The molecule has 0 radical (unpaired) electrons. The SMILES string of the molecule is Cn1c(=O)c2c(nc(C=O)n2Cc2cccc(Br)c2)n(C)c1=O. The Morgan fingerprint density at radius 2 is 1.96 bits per heavy atom. The van der Waals surface area contributed by atoms with Crippen molar-refractivity contribution < 1.29 is 4.79 Å². The van der Waals surface area contributed by atoms with Gasteiger partial charge in [-0.05, 0) is 17.7 Å². The van der Waals surface area contributed by atoms with Crippen LogP contribution < -0.4 is 11.2 Å². The molecule has 0 N–H and O–H groups in total. The lowest BCUT2D eigenvalue weighted by Gasteiger charge is -2.08. The third-order valence-electron chi connectivity index (χ3n) is 3.71. The van der Waals surface area contributed by atoms with Crippen molar-refractivity contribution in [3.8, 4) is 0 Å². The van der Waals surface area contributed by atoms with Crippen molar-refractivity contribution in [2.24, 2.45) is 14.1 Å². The molecule has 8 heteroatoms. The molecule has 118 valence electrons. The van der Waals surface area contributed by atoms with Gasteiger partial charge in [-0.25, -0.2) is 9.78 Å². The second-order valence-corrected chi connectivity index (χ2v) is 6.10. The van der Waals surface area contributed by atoms with Crippen molar-refractivity contribution in [1.29, 1.82) is 0 Å². The van der Waals surface area contributed by atoms with Crippen LogP contribution in [0.4, 0.5) is 0 Å². The number of carbonyl (C=O) groups excluding carboxylic acids is 1. The molecule has 1 aromatic carbocycles. The maximum absolute atomic E-state index is 12.5. The summed E-state index contributed by atoms with van der Waals surface area (Å²) in [6.07, 6.45) is 0.585. The fourth-order valence-electron chi connectivity index (χ4n) is 2.53. The predicted molar refractivity (Wildman–Crippen MR) is 88.8 cm³/mol. The number of halogens is 1. The summed E-state index contributed by atoms with van der Waals surface area (Å²) >= 11 is 3.39. The second-order valence-electron chi connectivity index (χ2n) is 5.18. The molecule has 0 atom stereocenters. The van der Waals surface area contributed by atoms with Gasteiger partial charge in [0.25, 0.3) is 5.56 Å². The van der Waals surface area contributed by atoms with Crippen molar-refractivity contribution in [1.82, 2.24) is 18.7 Å². The van der Waals surface area contributed by atoms with Gasteiger partial charge in [0.05, 0.1) is 6.54 Å². The lowest BCUT2D eigenvalue weighted by Crippen LogP contribution is -2.37. The topological polar surface area (TPSA) is 78.9 Å². The summed E-state index contributed by atoms with van der Waals surface area (Å²) in [5.41, 5.74) is 0.385. The number of aldehydes is 1. The lowest BCUT2D eigenvalue weighted by atomic mass is 10.2. The van der Waals surface area contributed by atoms with Crippen LogP contribution in [0.15, 0.2) is 38.3 Å². The van der Waals surface area contributed by atoms with Gasteiger partial charge in [-0.1, -0.05) is 28.1 Å². The molecule has 0 fully saturated rings. The minimum absolute atomic E-state index is 0.110. The highest BCUT2D eigenvalue weighted by molar-refractivity contribution is 9.10. The number of benzene rings is 1. The van der Waals surface area contributed by atoms with Crippen LogP contribution in [0, 0.1) is 0 Å². The molecule has 0 unspecified atom stereocenters. The zero-order valence-corrected chi connectivity index (χ0v) is 14.1. The highest BCUT2D eigenvalue weighted by Gasteiger charge is 2.18. The van der Waals surface area contributed by atoms with E-state index in [1.807, 2.05) is 24.3 Å². The van der Waals surface area contributed by atoms with Gasteiger partial charge in [-0.3, -0.25) is 18.7 Å². The Bertz CT molecular complexity index is 1050. The van der Waals surface area contributed by atoms with E-state index < -0.39 is 11.2 Å². The Morgan fingerprint density at radius 3 is 2.61 bits per heavy atom. The van der Waals surface area contributed by atoms with Crippen LogP contribution >= 0.6 is 15.9 Å². The molecule has 3 rings (SSSR count). The average Bonchev–Trinajstić information content (AvgIpc) is 2.89. The van der Waals surface area contributed by atoms with E-state index in [2.05, 4.69) is 20.9 Å². The molecule has 0 amide bonds. The van der Waals surface area contributed by atoms with Gasteiger partial charge in [-0.2, -0.15) is 0 Å². The Hall–Kier alpha value is -2.48. The molecule has 23 heavy (non-hydrogen) atoms. The zero-order chi connectivity index (χ0) is 16.7. The second kappa shape index (κ2) is 5.62. The van der Waals surface area contributed by atoms with Gasteiger partial charge in [0.15, 0.2) is 23.3 Å². The first-order valence-electron chi connectivity index (χ1n) is 6.80. The summed E-state index contributed by atoms with van der Waals surface area (Å²) < 4.78 is 4.70. The molecular weight excluding hydrogens is 364 g/mol. The van der Waals surface area contributed by atoms with Gasteiger partial charge in [0, 0.05) is 18.6 Å². The molecule has 2 aromatic heterocycles. The summed E-state index contributed by atoms with van der Waals surface area (Å²) in [5.74, 6) is 0.110. The van der Waals surface area contributed by atoms with E-state index in [4.69, 9.17) is 0 Å². The van der Waals surface area contributed by atoms with Crippen molar-refractivity contribution in [2.75, 3.05) is 0 Å². The summed E-state index contributed by atoms with van der Waals surface area (Å²) in [5, 5.41) is 0. The first-order chi connectivity index (χ1) is 10.9. The predicted octanol–water partition coefficient (Wildman–Crippen LogP) is 1.06. The zero-order valence-electron chi connectivity index (χ0n) is 12.5. The summed E-state index contributed by atoms with van der Waals surface area (Å²) in [6, 6.07) is 7.54. The standard InChI is InChI=1S/C15H13BrN4O3/c1-18-13-12(14(22)19(2)15(18)23)20(11(8-21)17-13)7-9-4-3-5-10(16)6-9/h3-6,8H,7H2,1-2H3. The maximum Gasteiger partial charge on any atom is 0.332 e. The number of hydrogen-bond donors (Lipinski definition) is 0. The normalized spacial score (nSPS) is 11.1. The molecule has 7 nitrogen and oxygen atoms in total. The van der Waals surface area contributed by atoms with Crippen LogP contribution in [-0.4, -0.2) is 25.0 Å². The van der Waals surface area contributed by atoms with Crippen molar-refractivity contribution in [3.05, 3.63) is 61.0 Å². The number of nitrogens with zero attached hydrogens (tertiary/aromatic N) is 4. The highest BCUT2D eigenvalue weighted by atomic mass is 79.9. The van der Waals surface area contributed by atoms with Gasteiger partial charge < -0.3 is 4.57 Å². The molecule has 0 aliphatic rings. The number of aromatic nitrogens is 4. The molecule has 3 aromatic rings. The van der Waals surface area contributed by atoms with Crippen molar-refractivity contribution in [2.45, 2.75) is 6.54 Å². The monoisotopic (exact) mass is 376 g/mol.